The van der Waals surface area contributed by atoms with E-state index in [-0.39, 0.29) is 53.7 Å². The average molecular weight is 392 g/mol. The summed E-state index contributed by atoms with van der Waals surface area (Å²) >= 11 is 0. The highest BCUT2D eigenvalue weighted by Gasteiger charge is 2.56. The molecule has 3 fully saturated rings. The number of β-amino-alcohol motifs (C(OH)–C–C–N with tert-alkyl or cyclic N) is 1. The van der Waals surface area contributed by atoms with E-state index in [0.717, 1.165) is 0 Å². The number of nitrogens with zero attached hydrogens (tertiary/aromatic N) is 4. The number of alkyl halides is 2. The second kappa shape index (κ2) is 6.27. The van der Waals surface area contributed by atoms with Crippen LogP contribution in [-0.2, 0) is 4.79 Å². The summed E-state index contributed by atoms with van der Waals surface area (Å²) in [6.45, 7) is 4.80. The van der Waals surface area contributed by atoms with Crippen LogP contribution in [0.25, 0.3) is 0 Å². The van der Waals surface area contributed by atoms with Gasteiger partial charge in [0.2, 0.25) is 0 Å². The number of hydrogen-bond acceptors (Lipinski definition) is 6. The van der Waals surface area contributed by atoms with Gasteiger partial charge < -0.3 is 20.0 Å². The number of pyridine rings is 1. The highest BCUT2D eigenvalue weighted by atomic mass is 19.3. The van der Waals surface area contributed by atoms with Crippen molar-refractivity contribution in [2.45, 2.75) is 38.3 Å². The third kappa shape index (κ3) is 2.87. The Hall–Kier alpha value is -2.47. The molecule has 4 rings (SSSR count). The number of carboxylic acids is 1. The molecule has 0 spiro atoms. The van der Waals surface area contributed by atoms with Crippen LogP contribution in [0.1, 0.15) is 37.8 Å². The molecular weight excluding hydrogens is 370 g/mol. The molecule has 2 aliphatic heterocycles. The molecule has 0 amide bonds. The lowest BCUT2D eigenvalue weighted by Gasteiger charge is -2.52. The second-order valence-electron chi connectivity index (χ2n) is 8.34. The van der Waals surface area contributed by atoms with Gasteiger partial charge in [-0.05, 0) is 37.7 Å². The fourth-order valence-corrected chi connectivity index (χ4v) is 4.63. The minimum absolute atomic E-state index is 0.137. The Bertz CT molecular complexity index is 857. The van der Waals surface area contributed by atoms with Crippen molar-refractivity contribution in [1.29, 1.82) is 5.26 Å². The van der Waals surface area contributed by atoms with E-state index in [1.165, 1.54) is 6.07 Å². The minimum Gasteiger partial charge on any atom is -0.481 e. The van der Waals surface area contributed by atoms with Gasteiger partial charge in [0, 0.05) is 25.1 Å². The van der Waals surface area contributed by atoms with E-state index in [9.17, 15) is 23.9 Å². The average Bonchev–Trinajstić information content (AvgIpc) is 3.06. The summed E-state index contributed by atoms with van der Waals surface area (Å²) in [5, 5.41) is 28.6. The number of hydrogen-bond donors (Lipinski definition) is 2. The smallest absolute Gasteiger partial charge is 0.303 e. The van der Waals surface area contributed by atoms with E-state index in [1.807, 2.05) is 11.0 Å². The SMILES string of the molecule is C[C@@H]1N(c2nc(N3C[C@@H]4[C@@H](CC(=O)O)[C@@H]4C3)cc(C(F)F)c2C#N)C[C@@]1(C)O. The molecule has 9 heteroatoms. The second-order valence-corrected chi connectivity index (χ2v) is 8.34. The maximum absolute atomic E-state index is 13.7. The third-order valence-corrected chi connectivity index (χ3v) is 6.60. The van der Waals surface area contributed by atoms with Crippen molar-refractivity contribution in [3.05, 3.63) is 17.2 Å². The van der Waals surface area contributed by atoms with Crippen molar-refractivity contribution in [2.75, 3.05) is 29.4 Å². The molecule has 5 atom stereocenters. The van der Waals surface area contributed by atoms with Crippen molar-refractivity contribution in [3.63, 3.8) is 0 Å². The number of aromatic nitrogens is 1. The number of anilines is 2. The molecule has 0 radical (unpaired) electrons. The normalized spacial score (nSPS) is 33.5. The van der Waals surface area contributed by atoms with Crippen LogP contribution in [0.5, 0.6) is 0 Å². The van der Waals surface area contributed by atoms with E-state index in [1.54, 1.807) is 18.7 Å². The topological polar surface area (TPSA) is 101 Å². The first kappa shape index (κ1) is 18.9. The molecule has 2 N–H and O–H groups in total. The summed E-state index contributed by atoms with van der Waals surface area (Å²) in [4.78, 5) is 19.0. The van der Waals surface area contributed by atoms with Crippen LogP contribution in [0.4, 0.5) is 20.4 Å². The molecule has 28 heavy (non-hydrogen) atoms. The van der Waals surface area contributed by atoms with Crippen LogP contribution in [-0.4, -0.2) is 52.4 Å². The Labute approximate surface area is 161 Å². The van der Waals surface area contributed by atoms with Crippen molar-refractivity contribution in [2.24, 2.45) is 17.8 Å². The molecule has 1 aliphatic carbocycles. The molecule has 7 nitrogen and oxygen atoms in total. The number of piperidine rings is 1. The summed E-state index contributed by atoms with van der Waals surface area (Å²) in [7, 11) is 0. The Balaban J connectivity index is 1.63. The zero-order valence-corrected chi connectivity index (χ0v) is 15.6. The molecule has 2 saturated heterocycles. The van der Waals surface area contributed by atoms with E-state index in [0.29, 0.717) is 18.9 Å². The molecule has 0 bridgehead atoms. The summed E-state index contributed by atoms with van der Waals surface area (Å²) in [6.07, 6.45) is -2.68. The Morgan fingerprint density at radius 1 is 1.46 bits per heavy atom. The number of carboxylic acid groups (broad SMARTS) is 1. The zero-order chi connectivity index (χ0) is 20.4. The van der Waals surface area contributed by atoms with Gasteiger partial charge in [-0.15, -0.1) is 0 Å². The molecule has 3 heterocycles. The van der Waals surface area contributed by atoms with Crippen LogP contribution in [0.3, 0.4) is 0 Å². The number of rotatable bonds is 5. The van der Waals surface area contributed by atoms with E-state index >= 15 is 0 Å². The van der Waals surface area contributed by atoms with E-state index < -0.39 is 18.0 Å². The number of aliphatic carboxylic acids is 1. The first-order valence-corrected chi connectivity index (χ1v) is 9.33. The fraction of sp³-hybridized carbons (Fsp3) is 0.632. The quantitative estimate of drug-likeness (QED) is 0.790. The molecule has 0 unspecified atom stereocenters. The van der Waals surface area contributed by atoms with Gasteiger partial charge in [0.1, 0.15) is 23.3 Å². The molecule has 3 aliphatic rings. The number of carbonyl (C=O) groups is 1. The molecule has 1 aromatic heterocycles. The van der Waals surface area contributed by atoms with Crippen LogP contribution < -0.4 is 9.80 Å². The van der Waals surface area contributed by atoms with Gasteiger partial charge in [-0.25, -0.2) is 13.8 Å². The van der Waals surface area contributed by atoms with Gasteiger partial charge in [-0.1, -0.05) is 0 Å². The van der Waals surface area contributed by atoms with Crippen LogP contribution >= 0.6 is 0 Å². The number of aliphatic hydroxyl groups is 1. The van der Waals surface area contributed by atoms with Gasteiger partial charge in [0.25, 0.3) is 6.43 Å². The highest BCUT2D eigenvalue weighted by Crippen LogP contribution is 2.54. The number of halogens is 2. The zero-order valence-electron chi connectivity index (χ0n) is 15.6. The number of fused-ring (bicyclic) bond motifs is 1. The molecule has 0 aromatic carbocycles. The summed E-state index contributed by atoms with van der Waals surface area (Å²) < 4.78 is 27.3. The standard InChI is InChI=1S/C19H22F2N4O3/c1-9-19(2,28)8-25(9)18-12(5-22)11(17(20)21)3-15(23-18)24-6-13-10(4-16(26)27)14(13)7-24/h3,9-10,13-14,17,28H,4,6-8H2,1-2H3,(H,26,27)/t9-,10-,13-,14+,19+/m0/s1. The van der Waals surface area contributed by atoms with Gasteiger partial charge in [0.05, 0.1) is 18.2 Å². The molecular formula is C19H22F2N4O3. The number of nitriles is 1. The largest absolute Gasteiger partial charge is 0.481 e. The van der Waals surface area contributed by atoms with Gasteiger partial charge in [-0.3, -0.25) is 4.79 Å². The van der Waals surface area contributed by atoms with Crippen LogP contribution in [0.15, 0.2) is 6.07 Å². The van der Waals surface area contributed by atoms with Gasteiger partial charge >= 0.3 is 5.97 Å². The predicted molar refractivity (Wildman–Crippen MR) is 96.3 cm³/mol. The monoisotopic (exact) mass is 392 g/mol. The summed E-state index contributed by atoms with van der Waals surface area (Å²) in [5.41, 5.74) is -1.48. The lowest BCUT2D eigenvalue weighted by atomic mass is 9.86. The summed E-state index contributed by atoms with van der Waals surface area (Å²) in [5.74, 6) is 0.378. The molecule has 1 aromatic rings. The first-order chi connectivity index (χ1) is 13.1. The Morgan fingerprint density at radius 3 is 2.57 bits per heavy atom. The Morgan fingerprint density at radius 2 is 2.11 bits per heavy atom. The summed E-state index contributed by atoms with van der Waals surface area (Å²) in [6, 6.07) is 2.78. The molecule has 1 saturated carbocycles. The third-order valence-electron chi connectivity index (χ3n) is 6.60. The van der Waals surface area contributed by atoms with E-state index in [2.05, 4.69) is 4.98 Å². The lowest BCUT2D eigenvalue weighted by Crippen LogP contribution is -2.67. The highest BCUT2D eigenvalue weighted by molar-refractivity contribution is 5.68. The van der Waals surface area contributed by atoms with Gasteiger partial charge in [0.15, 0.2) is 0 Å². The van der Waals surface area contributed by atoms with Crippen molar-refractivity contribution in [1.82, 2.24) is 4.98 Å². The van der Waals surface area contributed by atoms with Crippen molar-refractivity contribution < 1.29 is 23.8 Å². The maximum atomic E-state index is 13.7. The Kier molecular flexibility index (Phi) is 4.23. The van der Waals surface area contributed by atoms with Crippen LogP contribution in [0.2, 0.25) is 0 Å². The van der Waals surface area contributed by atoms with E-state index in [4.69, 9.17) is 5.11 Å². The van der Waals surface area contributed by atoms with Gasteiger partial charge in [-0.2, -0.15) is 5.26 Å². The fourth-order valence-electron chi connectivity index (χ4n) is 4.63. The maximum Gasteiger partial charge on any atom is 0.303 e. The predicted octanol–water partition coefficient (Wildman–Crippen LogP) is 2.01. The van der Waals surface area contributed by atoms with Crippen molar-refractivity contribution >= 4 is 17.6 Å². The minimum atomic E-state index is -2.82. The van der Waals surface area contributed by atoms with Crippen molar-refractivity contribution in [3.8, 4) is 6.07 Å². The lowest BCUT2D eigenvalue weighted by molar-refractivity contribution is -0.137. The first-order valence-electron chi connectivity index (χ1n) is 9.33. The van der Waals surface area contributed by atoms with Crippen LogP contribution in [0, 0.1) is 29.1 Å². The molecule has 150 valence electrons.